The summed E-state index contributed by atoms with van der Waals surface area (Å²) in [4.78, 5) is 24.2. The summed E-state index contributed by atoms with van der Waals surface area (Å²) in [6, 6.07) is 0. The fourth-order valence-electron chi connectivity index (χ4n) is 4.79. The third-order valence-corrected chi connectivity index (χ3v) is 7.60. The highest BCUT2D eigenvalue weighted by molar-refractivity contribution is 5.70. The largest absolute Gasteiger partial charge is 0.462 e. The first kappa shape index (κ1) is 41.9. The van der Waals surface area contributed by atoms with E-state index in [2.05, 4.69) is 62.5 Å². The highest BCUT2D eigenvalue weighted by atomic mass is 16.6. The molecule has 0 aliphatic heterocycles. The molecule has 0 spiro atoms. The summed E-state index contributed by atoms with van der Waals surface area (Å²) in [5.41, 5.74) is 0. The van der Waals surface area contributed by atoms with Crippen molar-refractivity contribution >= 4 is 11.9 Å². The molecule has 0 aromatic carbocycles. The number of hydrogen-bond acceptors (Lipinski definition) is 5. The van der Waals surface area contributed by atoms with Crippen molar-refractivity contribution in [3.63, 3.8) is 0 Å². The van der Waals surface area contributed by atoms with Crippen LogP contribution in [0, 0.1) is 0 Å². The Morgan fingerprint density at radius 2 is 0.909 bits per heavy atom. The minimum atomic E-state index is -0.785. The zero-order chi connectivity index (χ0) is 32.2. The molecule has 0 bridgehead atoms. The van der Waals surface area contributed by atoms with Crippen LogP contribution in [0.5, 0.6) is 0 Å². The Morgan fingerprint density at radius 3 is 1.43 bits per heavy atom. The van der Waals surface area contributed by atoms with Crippen LogP contribution in [0.1, 0.15) is 168 Å². The van der Waals surface area contributed by atoms with Gasteiger partial charge in [0.2, 0.25) is 0 Å². The van der Waals surface area contributed by atoms with Crippen LogP contribution in [0.15, 0.2) is 48.6 Å². The van der Waals surface area contributed by atoms with E-state index in [1.165, 1.54) is 70.6 Å². The van der Waals surface area contributed by atoms with E-state index in [1.54, 1.807) is 0 Å². The topological polar surface area (TPSA) is 72.8 Å². The van der Waals surface area contributed by atoms with E-state index < -0.39 is 6.10 Å². The summed E-state index contributed by atoms with van der Waals surface area (Å²) in [5.74, 6) is -0.630. The average molecular weight is 617 g/mol. The number of carbonyl (C=O) groups excluding carboxylic acids is 2. The van der Waals surface area contributed by atoms with E-state index in [-0.39, 0.29) is 25.2 Å². The molecule has 0 radical (unpaired) electrons. The Labute approximate surface area is 271 Å². The lowest BCUT2D eigenvalue weighted by Crippen LogP contribution is -2.28. The fourth-order valence-corrected chi connectivity index (χ4v) is 4.79. The van der Waals surface area contributed by atoms with Gasteiger partial charge >= 0.3 is 11.9 Å². The van der Waals surface area contributed by atoms with Crippen molar-refractivity contribution in [3.05, 3.63) is 48.6 Å². The monoisotopic (exact) mass is 617 g/mol. The molecule has 0 aliphatic carbocycles. The maximum atomic E-state index is 12.1. The van der Waals surface area contributed by atoms with Gasteiger partial charge in [-0.3, -0.25) is 9.59 Å². The zero-order valence-corrected chi connectivity index (χ0v) is 28.7. The highest BCUT2D eigenvalue weighted by Crippen LogP contribution is 2.11. The first-order chi connectivity index (χ1) is 21.6. The SMILES string of the molecule is CCCCCC=CCC=CCC=CCCCCCCC(=O)OC(CO)COC(=O)CCCCCCCC=CCCCCCC. The van der Waals surface area contributed by atoms with E-state index in [0.29, 0.717) is 12.8 Å². The van der Waals surface area contributed by atoms with Crippen LogP contribution >= 0.6 is 0 Å². The van der Waals surface area contributed by atoms with E-state index in [0.717, 1.165) is 70.6 Å². The molecule has 44 heavy (non-hydrogen) atoms. The summed E-state index contributed by atoms with van der Waals surface area (Å²) in [6.07, 6.45) is 43.0. The van der Waals surface area contributed by atoms with Crippen molar-refractivity contribution in [1.82, 2.24) is 0 Å². The fraction of sp³-hybridized carbons (Fsp3) is 0.744. The lowest BCUT2D eigenvalue weighted by Gasteiger charge is -2.15. The molecule has 0 aromatic heterocycles. The first-order valence-electron chi connectivity index (χ1n) is 18.2. The van der Waals surface area contributed by atoms with Gasteiger partial charge in [0.05, 0.1) is 6.61 Å². The third-order valence-electron chi connectivity index (χ3n) is 7.60. The molecular weight excluding hydrogens is 548 g/mol. The number of rotatable bonds is 32. The summed E-state index contributed by atoms with van der Waals surface area (Å²) >= 11 is 0. The van der Waals surface area contributed by atoms with Crippen LogP contribution < -0.4 is 0 Å². The van der Waals surface area contributed by atoms with Gasteiger partial charge < -0.3 is 14.6 Å². The van der Waals surface area contributed by atoms with Crippen LogP contribution in [-0.4, -0.2) is 36.4 Å². The van der Waals surface area contributed by atoms with E-state index in [4.69, 9.17) is 9.47 Å². The van der Waals surface area contributed by atoms with Gasteiger partial charge in [0.1, 0.15) is 6.61 Å². The van der Waals surface area contributed by atoms with Crippen LogP contribution in [0.25, 0.3) is 0 Å². The Hall–Kier alpha value is -2.14. The van der Waals surface area contributed by atoms with Gasteiger partial charge in [-0.25, -0.2) is 0 Å². The standard InChI is InChI=1S/C39H68O5/c1-3-5-7-9-11-13-15-17-18-19-20-22-24-26-28-30-32-34-39(42)44-37(35-40)36-43-38(41)33-31-29-27-25-23-21-16-14-12-10-8-6-4-2/h11,13-14,16-18,20,22,37,40H,3-10,12,15,19,21,23-36H2,1-2H3. The minimum Gasteiger partial charge on any atom is -0.462 e. The lowest BCUT2D eigenvalue weighted by atomic mass is 10.1. The number of hydrogen-bond donors (Lipinski definition) is 1. The Morgan fingerprint density at radius 1 is 0.523 bits per heavy atom. The zero-order valence-electron chi connectivity index (χ0n) is 28.7. The van der Waals surface area contributed by atoms with Crippen molar-refractivity contribution in [2.75, 3.05) is 13.2 Å². The molecule has 0 amide bonds. The third kappa shape index (κ3) is 32.8. The normalized spacial score (nSPS) is 12.7. The van der Waals surface area contributed by atoms with Gasteiger partial charge in [-0.2, -0.15) is 0 Å². The Kier molecular flexibility index (Phi) is 33.6. The Balaban J connectivity index is 3.65. The second-order valence-corrected chi connectivity index (χ2v) is 11.9. The lowest BCUT2D eigenvalue weighted by molar-refractivity contribution is -0.161. The van der Waals surface area contributed by atoms with Gasteiger partial charge in [-0.15, -0.1) is 0 Å². The quantitative estimate of drug-likeness (QED) is 0.0462. The molecule has 0 saturated heterocycles. The molecule has 5 heteroatoms. The first-order valence-corrected chi connectivity index (χ1v) is 18.2. The predicted molar refractivity (Wildman–Crippen MR) is 187 cm³/mol. The second kappa shape index (κ2) is 35.3. The number of carbonyl (C=O) groups is 2. The molecule has 5 nitrogen and oxygen atoms in total. The van der Waals surface area contributed by atoms with Gasteiger partial charge in [-0.05, 0) is 77.0 Å². The van der Waals surface area contributed by atoms with Gasteiger partial charge in [-0.1, -0.05) is 127 Å². The highest BCUT2D eigenvalue weighted by Gasteiger charge is 2.16. The maximum Gasteiger partial charge on any atom is 0.306 e. The van der Waals surface area contributed by atoms with E-state index in [1.807, 2.05) is 0 Å². The summed E-state index contributed by atoms with van der Waals surface area (Å²) < 4.78 is 10.6. The molecular formula is C39H68O5. The molecule has 1 N–H and O–H groups in total. The van der Waals surface area contributed by atoms with Crippen molar-refractivity contribution < 1.29 is 24.2 Å². The number of esters is 2. The van der Waals surface area contributed by atoms with Crippen molar-refractivity contribution in [2.24, 2.45) is 0 Å². The molecule has 0 saturated carbocycles. The van der Waals surface area contributed by atoms with Gasteiger partial charge in [0.15, 0.2) is 6.10 Å². The summed E-state index contributed by atoms with van der Waals surface area (Å²) in [5, 5.41) is 9.52. The number of allylic oxidation sites excluding steroid dienone is 8. The number of aliphatic hydroxyl groups excluding tert-OH is 1. The predicted octanol–water partition coefficient (Wildman–Crippen LogP) is 11.1. The molecule has 0 aromatic rings. The molecule has 0 aliphatic rings. The van der Waals surface area contributed by atoms with Gasteiger partial charge in [0, 0.05) is 12.8 Å². The smallest absolute Gasteiger partial charge is 0.306 e. The molecule has 0 heterocycles. The van der Waals surface area contributed by atoms with Crippen molar-refractivity contribution in [3.8, 4) is 0 Å². The number of aliphatic hydroxyl groups is 1. The summed E-state index contributed by atoms with van der Waals surface area (Å²) in [6.45, 7) is 4.05. The van der Waals surface area contributed by atoms with E-state index >= 15 is 0 Å². The molecule has 254 valence electrons. The van der Waals surface area contributed by atoms with Crippen LogP contribution in [0.4, 0.5) is 0 Å². The van der Waals surface area contributed by atoms with Gasteiger partial charge in [0.25, 0.3) is 0 Å². The second-order valence-electron chi connectivity index (χ2n) is 11.9. The number of ether oxygens (including phenoxy) is 2. The van der Waals surface area contributed by atoms with E-state index in [9.17, 15) is 14.7 Å². The molecule has 1 unspecified atom stereocenters. The molecule has 0 rings (SSSR count). The maximum absolute atomic E-state index is 12.1. The number of unbranched alkanes of at least 4 members (excludes halogenated alkanes) is 16. The summed E-state index contributed by atoms with van der Waals surface area (Å²) in [7, 11) is 0. The van der Waals surface area contributed by atoms with Crippen LogP contribution in [0.2, 0.25) is 0 Å². The Bertz CT molecular complexity index is 752. The minimum absolute atomic E-state index is 0.0802. The van der Waals surface area contributed by atoms with Crippen molar-refractivity contribution in [2.45, 2.75) is 174 Å². The molecule has 1 atom stereocenters. The van der Waals surface area contributed by atoms with Crippen molar-refractivity contribution in [1.29, 1.82) is 0 Å². The molecule has 0 fully saturated rings. The average Bonchev–Trinajstić information content (AvgIpc) is 3.02. The van der Waals surface area contributed by atoms with Crippen LogP contribution in [0.3, 0.4) is 0 Å². The van der Waals surface area contributed by atoms with Crippen LogP contribution in [-0.2, 0) is 19.1 Å².